The lowest BCUT2D eigenvalue weighted by atomic mass is 9.98. The second-order valence-electron chi connectivity index (χ2n) is 8.41. The number of nitrogens with zero attached hydrogens (tertiary/aromatic N) is 3. The van der Waals surface area contributed by atoms with Crippen LogP contribution in [0, 0.1) is 0 Å². The van der Waals surface area contributed by atoms with E-state index in [0.29, 0.717) is 13.2 Å². The quantitative estimate of drug-likeness (QED) is 0.352. The number of aromatic nitrogens is 2. The summed E-state index contributed by atoms with van der Waals surface area (Å²) in [7, 11) is 0. The molecule has 0 spiro atoms. The van der Waals surface area contributed by atoms with E-state index in [1.54, 1.807) is 6.20 Å². The highest BCUT2D eigenvalue weighted by Gasteiger charge is 2.30. The zero-order valence-corrected chi connectivity index (χ0v) is 18.8. The van der Waals surface area contributed by atoms with Crippen molar-refractivity contribution in [2.45, 2.75) is 12.6 Å². The van der Waals surface area contributed by atoms with Crippen molar-refractivity contribution in [3.8, 4) is 11.1 Å². The monoisotopic (exact) mass is 477 g/mol. The lowest BCUT2D eigenvalue weighted by molar-refractivity contribution is -0.137. The molecule has 0 radical (unpaired) electrons. The summed E-state index contributed by atoms with van der Waals surface area (Å²) in [5, 5.41) is 0. The molecular weight excluding hydrogens is 455 g/mol. The summed E-state index contributed by atoms with van der Waals surface area (Å²) in [4.78, 5) is 24.0. The highest BCUT2D eigenvalue weighted by Crippen LogP contribution is 2.30. The molecule has 1 aromatic heterocycles. The zero-order valence-electron chi connectivity index (χ0n) is 18.8. The van der Waals surface area contributed by atoms with Crippen molar-refractivity contribution in [3.05, 3.63) is 89.6 Å². The molecule has 0 bridgehead atoms. The molecule has 1 aliphatic heterocycles. The number of Topliss-reactive ketones (excluding diaryl/α,β-unsaturated/α-hetero) is 1. The summed E-state index contributed by atoms with van der Waals surface area (Å²) in [6.45, 7) is 2.89. The number of anilines is 1. The Morgan fingerprint density at radius 1 is 0.914 bits per heavy atom. The van der Waals surface area contributed by atoms with Crippen molar-refractivity contribution in [2.24, 2.45) is 0 Å². The average Bonchev–Trinajstić information content (AvgIpc) is 2.88. The number of hydrogen-bond donors (Lipinski definition) is 0. The number of benzene rings is 3. The Morgan fingerprint density at radius 3 is 2.40 bits per heavy atom. The molecule has 0 amide bonds. The second-order valence-corrected chi connectivity index (χ2v) is 8.41. The third-order valence-electron chi connectivity index (χ3n) is 6.03. The van der Waals surface area contributed by atoms with Gasteiger partial charge in [0.1, 0.15) is 5.82 Å². The third kappa shape index (κ3) is 5.17. The molecule has 2 heterocycles. The Kier molecular flexibility index (Phi) is 6.21. The summed E-state index contributed by atoms with van der Waals surface area (Å²) in [5.74, 6) is 0.460. The van der Waals surface area contributed by atoms with Gasteiger partial charge in [-0.05, 0) is 41.0 Å². The minimum atomic E-state index is -4.48. The molecule has 0 unspecified atom stereocenters. The van der Waals surface area contributed by atoms with Crippen LogP contribution in [-0.4, -0.2) is 42.1 Å². The smallest absolute Gasteiger partial charge is 0.378 e. The molecule has 35 heavy (non-hydrogen) atoms. The van der Waals surface area contributed by atoms with Gasteiger partial charge in [-0.1, -0.05) is 42.5 Å². The van der Waals surface area contributed by atoms with E-state index in [-0.39, 0.29) is 17.8 Å². The number of halogens is 3. The van der Waals surface area contributed by atoms with E-state index < -0.39 is 11.7 Å². The Balaban J connectivity index is 1.33. The first-order valence-electron chi connectivity index (χ1n) is 11.3. The van der Waals surface area contributed by atoms with E-state index >= 15 is 0 Å². The van der Waals surface area contributed by atoms with Crippen LogP contribution < -0.4 is 4.90 Å². The van der Waals surface area contributed by atoms with Gasteiger partial charge in [0.25, 0.3) is 0 Å². The first kappa shape index (κ1) is 23.0. The molecule has 178 valence electrons. The van der Waals surface area contributed by atoms with Crippen molar-refractivity contribution in [3.63, 3.8) is 0 Å². The molecule has 0 saturated carbocycles. The Labute approximate surface area is 200 Å². The van der Waals surface area contributed by atoms with Crippen LogP contribution in [0.2, 0.25) is 0 Å². The number of carbonyl (C=O) groups is 1. The minimum Gasteiger partial charge on any atom is -0.378 e. The second kappa shape index (κ2) is 9.46. The number of hydrogen-bond acceptors (Lipinski definition) is 5. The number of carbonyl (C=O) groups excluding carboxylic acids is 1. The number of ether oxygens (including phenoxy) is 1. The fraction of sp³-hybridized carbons (Fsp3) is 0.222. The van der Waals surface area contributed by atoms with Crippen LogP contribution in [0.1, 0.15) is 21.5 Å². The van der Waals surface area contributed by atoms with Gasteiger partial charge in [-0.3, -0.25) is 9.78 Å². The fourth-order valence-corrected chi connectivity index (χ4v) is 4.10. The first-order valence-corrected chi connectivity index (χ1v) is 11.3. The standard InChI is InChI=1S/C27H22F3N3O2/c28-27(29,30)22-3-1-2-21(15-22)25(34)14-18-4-6-19(7-5-18)20-8-9-23-24(16-20)32-26(17-31-23)33-10-12-35-13-11-33/h1-9,15-17H,10-14H2. The zero-order chi connectivity index (χ0) is 24.4. The number of fused-ring (bicyclic) bond motifs is 1. The van der Waals surface area contributed by atoms with Crippen molar-refractivity contribution >= 4 is 22.6 Å². The van der Waals surface area contributed by atoms with E-state index in [9.17, 15) is 18.0 Å². The van der Waals surface area contributed by atoms with E-state index in [1.807, 2.05) is 42.5 Å². The SMILES string of the molecule is O=C(Cc1ccc(-c2ccc3ncc(N4CCOCC4)nc3c2)cc1)c1cccc(C(F)(F)F)c1. The van der Waals surface area contributed by atoms with Gasteiger partial charge in [0.05, 0.1) is 36.0 Å². The van der Waals surface area contributed by atoms with Crippen molar-refractivity contribution in [1.82, 2.24) is 9.97 Å². The number of alkyl halides is 3. The minimum absolute atomic E-state index is 0.0215. The Bertz CT molecular complexity index is 1360. The third-order valence-corrected chi connectivity index (χ3v) is 6.03. The lowest BCUT2D eigenvalue weighted by Gasteiger charge is -2.27. The molecule has 1 aliphatic rings. The molecule has 3 aromatic carbocycles. The van der Waals surface area contributed by atoms with Crippen molar-refractivity contribution in [2.75, 3.05) is 31.2 Å². The largest absolute Gasteiger partial charge is 0.416 e. The van der Waals surface area contributed by atoms with Crippen molar-refractivity contribution in [1.29, 1.82) is 0 Å². The van der Waals surface area contributed by atoms with E-state index in [1.165, 1.54) is 12.1 Å². The lowest BCUT2D eigenvalue weighted by Crippen LogP contribution is -2.36. The van der Waals surface area contributed by atoms with Crippen LogP contribution in [0.25, 0.3) is 22.2 Å². The summed E-state index contributed by atoms with van der Waals surface area (Å²) in [5.41, 5.74) is 3.45. The maximum absolute atomic E-state index is 13.0. The maximum atomic E-state index is 13.0. The number of ketones is 1. The van der Waals surface area contributed by atoms with E-state index in [2.05, 4.69) is 9.88 Å². The molecule has 0 atom stereocenters. The average molecular weight is 477 g/mol. The van der Waals surface area contributed by atoms with Gasteiger partial charge in [-0.25, -0.2) is 4.98 Å². The van der Waals surface area contributed by atoms with Gasteiger partial charge < -0.3 is 9.64 Å². The Morgan fingerprint density at radius 2 is 1.66 bits per heavy atom. The van der Waals surface area contributed by atoms with Crippen LogP contribution in [0.3, 0.4) is 0 Å². The molecule has 5 rings (SSSR count). The van der Waals surface area contributed by atoms with Gasteiger partial charge in [0.15, 0.2) is 5.78 Å². The van der Waals surface area contributed by atoms with Gasteiger partial charge in [0, 0.05) is 25.1 Å². The summed E-state index contributed by atoms with van der Waals surface area (Å²) >= 11 is 0. The molecule has 0 N–H and O–H groups in total. The molecule has 0 aliphatic carbocycles. The van der Waals surface area contributed by atoms with Crippen LogP contribution in [0.4, 0.5) is 19.0 Å². The predicted molar refractivity (Wildman–Crippen MR) is 127 cm³/mol. The molecule has 1 fully saturated rings. The van der Waals surface area contributed by atoms with Gasteiger partial charge in [0.2, 0.25) is 0 Å². The normalized spacial score (nSPS) is 14.3. The summed E-state index contributed by atoms with van der Waals surface area (Å²) in [6, 6.07) is 17.8. The van der Waals surface area contributed by atoms with Crippen LogP contribution in [0.5, 0.6) is 0 Å². The summed E-state index contributed by atoms with van der Waals surface area (Å²) < 4.78 is 44.3. The van der Waals surface area contributed by atoms with Crippen LogP contribution in [0.15, 0.2) is 72.9 Å². The highest BCUT2D eigenvalue weighted by molar-refractivity contribution is 5.97. The topological polar surface area (TPSA) is 55.3 Å². The van der Waals surface area contributed by atoms with Gasteiger partial charge in [-0.15, -0.1) is 0 Å². The maximum Gasteiger partial charge on any atom is 0.416 e. The molecule has 5 nitrogen and oxygen atoms in total. The Hall–Kier alpha value is -3.78. The van der Waals surface area contributed by atoms with Crippen LogP contribution >= 0.6 is 0 Å². The molecule has 8 heteroatoms. The fourth-order valence-electron chi connectivity index (χ4n) is 4.10. The molecular formula is C27H22F3N3O2. The van der Waals surface area contributed by atoms with Gasteiger partial charge >= 0.3 is 6.18 Å². The van der Waals surface area contributed by atoms with E-state index in [4.69, 9.17) is 9.72 Å². The molecule has 4 aromatic rings. The van der Waals surface area contributed by atoms with Gasteiger partial charge in [-0.2, -0.15) is 13.2 Å². The predicted octanol–water partition coefficient (Wildman–Crippen LogP) is 5.58. The molecule has 1 saturated heterocycles. The van der Waals surface area contributed by atoms with E-state index in [0.717, 1.165) is 58.8 Å². The number of rotatable bonds is 5. The number of morpholine rings is 1. The van der Waals surface area contributed by atoms with Crippen LogP contribution in [-0.2, 0) is 17.3 Å². The van der Waals surface area contributed by atoms with Crippen molar-refractivity contribution < 1.29 is 22.7 Å². The highest BCUT2D eigenvalue weighted by atomic mass is 19.4. The first-order chi connectivity index (χ1) is 16.9. The summed E-state index contributed by atoms with van der Waals surface area (Å²) in [6.07, 6.45) is -2.68.